The molecule has 1 saturated heterocycles. The van der Waals surface area contributed by atoms with Crippen LogP contribution in [0, 0.1) is 17.2 Å². The number of carbonyl (C=O) groups is 1. The van der Waals surface area contributed by atoms with E-state index in [1.165, 1.54) is 6.20 Å². The number of nitrogens with one attached hydrogen (secondary N) is 1. The fraction of sp³-hybridized carbons (Fsp3) is 0.500. The van der Waals surface area contributed by atoms with E-state index in [1.807, 2.05) is 39.0 Å². The number of hydrogen-bond acceptors (Lipinski definition) is 8. The Labute approximate surface area is 223 Å². The molecule has 0 aromatic carbocycles. The number of fused-ring (bicyclic) bond motifs is 1. The molecule has 0 saturated carbocycles. The average molecular weight is 521 g/mol. The Hall–Kier alpha value is -3.84. The SMILES string of the molecule is C[C@H]1CN(c2ccc(-c3cc(OCC(C)(C)O)cn4ncc(C#N)c34)cn2)CC[C@@H]1NC(=O)OC(C)(C)C. The first-order valence-corrected chi connectivity index (χ1v) is 12.8. The lowest BCUT2D eigenvalue weighted by molar-refractivity contribution is 0.0283. The molecule has 0 unspecified atom stereocenters. The Kier molecular flexibility index (Phi) is 7.51. The van der Waals surface area contributed by atoms with E-state index in [0.29, 0.717) is 16.8 Å². The summed E-state index contributed by atoms with van der Waals surface area (Å²) in [6.45, 7) is 12.6. The second-order valence-corrected chi connectivity index (χ2v) is 11.5. The van der Waals surface area contributed by atoms with Gasteiger partial charge in [-0.15, -0.1) is 0 Å². The molecule has 2 N–H and O–H groups in total. The molecule has 38 heavy (non-hydrogen) atoms. The molecular weight excluding hydrogens is 484 g/mol. The van der Waals surface area contributed by atoms with Crippen LogP contribution in [0.2, 0.25) is 0 Å². The Balaban J connectivity index is 1.52. The molecule has 1 fully saturated rings. The van der Waals surface area contributed by atoms with Gasteiger partial charge < -0.3 is 24.8 Å². The van der Waals surface area contributed by atoms with Gasteiger partial charge in [-0.3, -0.25) is 0 Å². The van der Waals surface area contributed by atoms with Crippen LogP contribution in [0.5, 0.6) is 5.75 Å². The van der Waals surface area contributed by atoms with Crippen molar-refractivity contribution in [3.8, 4) is 22.9 Å². The third-order valence-electron chi connectivity index (χ3n) is 6.29. The van der Waals surface area contributed by atoms with Gasteiger partial charge in [-0.2, -0.15) is 10.4 Å². The fourth-order valence-electron chi connectivity index (χ4n) is 4.50. The number of nitriles is 1. The summed E-state index contributed by atoms with van der Waals surface area (Å²) < 4.78 is 12.8. The maximum atomic E-state index is 12.2. The van der Waals surface area contributed by atoms with Gasteiger partial charge in [-0.1, -0.05) is 6.92 Å². The maximum Gasteiger partial charge on any atom is 0.407 e. The van der Waals surface area contributed by atoms with Crippen molar-refractivity contribution in [1.29, 1.82) is 5.26 Å². The van der Waals surface area contributed by atoms with Crippen molar-refractivity contribution in [1.82, 2.24) is 19.9 Å². The normalized spacial score (nSPS) is 18.2. The van der Waals surface area contributed by atoms with E-state index in [2.05, 4.69) is 28.3 Å². The van der Waals surface area contributed by atoms with Crippen LogP contribution in [0.3, 0.4) is 0 Å². The summed E-state index contributed by atoms with van der Waals surface area (Å²) in [6, 6.07) is 8.02. The van der Waals surface area contributed by atoms with Crippen LogP contribution in [0.4, 0.5) is 10.6 Å². The van der Waals surface area contributed by atoms with E-state index in [4.69, 9.17) is 14.5 Å². The smallest absolute Gasteiger partial charge is 0.407 e. The lowest BCUT2D eigenvalue weighted by Gasteiger charge is -2.38. The summed E-state index contributed by atoms with van der Waals surface area (Å²) in [6.07, 6.45) is 5.41. The molecule has 4 heterocycles. The molecule has 10 heteroatoms. The molecule has 1 amide bonds. The number of anilines is 1. The van der Waals surface area contributed by atoms with Gasteiger partial charge in [0.15, 0.2) is 0 Å². The highest BCUT2D eigenvalue weighted by molar-refractivity contribution is 5.85. The zero-order valence-corrected chi connectivity index (χ0v) is 22.9. The molecule has 0 bridgehead atoms. The highest BCUT2D eigenvalue weighted by Gasteiger charge is 2.29. The van der Waals surface area contributed by atoms with Gasteiger partial charge in [-0.05, 0) is 65.2 Å². The largest absolute Gasteiger partial charge is 0.489 e. The van der Waals surface area contributed by atoms with Crippen molar-refractivity contribution in [3.05, 3.63) is 42.4 Å². The van der Waals surface area contributed by atoms with Gasteiger partial charge >= 0.3 is 6.09 Å². The molecule has 0 aliphatic carbocycles. The van der Waals surface area contributed by atoms with Crippen LogP contribution in [0.1, 0.15) is 53.5 Å². The Morgan fingerprint density at radius 2 is 2.03 bits per heavy atom. The predicted octanol–water partition coefficient (Wildman–Crippen LogP) is 4.16. The van der Waals surface area contributed by atoms with E-state index in [9.17, 15) is 15.2 Å². The molecule has 1 aliphatic rings. The average Bonchev–Trinajstić information content (AvgIpc) is 3.25. The van der Waals surface area contributed by atoms with E-state index in [-0.39, 0.29) is 24.7 Å². The second kappa shape index (κ2) is 10.5. The third kappa shape index (κ3) is 6.53. The zero-order chi connectivity index (χ0) is 27.7. The number of hydrogen-bond donors (Lipinski definition) is 2. The predicted molar refractivity (Wildman–Crippen MR) is 144 cm³/mol. The van der Waals surface area contributed by atoms with Crippen molar-refractivity contribution in [2.24, 2.45) is 5.92 Å². The number of carbonyl (C=O) groups excluding carboxylic acids is 1. The van der Waals surface area contributed by atoms with Crippen LogP contribution < -0.4 is 15.0 Å². The molecule has 4 rings (SSSR count). The first kappa shape index (κ1) is 27.2. The number of amides is 1. The number of ether oxygens (including phenoxy) is 2. The lowest BCUT2D eigenvalue weighted by Crippen LogP contribution is -2.51. The topological polar surface area (TPSA) is 125 Å². The Morgan fingerprint density at radius 1 is 1.26 bits per heavy atom. The van der Waals surface area contributed by atoms with Crippen molar-refractivity contribution >= 4 is 17.4 Å². The van der Waals surface area contributed by atoms with E-state index in [0.717, 1.165) is 36.5 Å². The molecule has 3 aromatic heterocycles. The van der Waals surface area contributed by atoms with Crippen molar-refractivity contribution < 1.29 is 19.4 Å². The van der Waals surface area contributed by atoms with Gasteiger partial charge in [0.1, 0.15) is 29.8 Å². The van der Waals surface area contributed by atoms with Gasteiger partial charge in [0.2, 0.25) is 0 Å². The van der Waals surface area contributed by atoms with Crippen LogP contribution in [0.25, 0.3) is 16.6 Å². The van der Waals surface area contributed by atoms with E-state index < -0.39 is 11.2 Å². The summed E-state index contributed by atoms with van der Waals surface area (Å²) in [5, 5.41) is 27.0. The highest BCUT2D eigenvalue weighted by atomic mass is 16.6. The molecule has 1 aliphatic heterocycles. The number of alkyl carbamates (subject to hydrolysis) is 1. The summed E-state index contributed by atoms with van der Waals surface area (Å²) in [5.74, 6) is 1.59. The molecule has 0 radical (unpaired) electrons. The maximum absolute atomic E-state index is 12.2. The number of nitrogens with zero attached hydrogens (tertiary/aromatic N) is 5. The minimum Gasteiger partial charge on any atom is -0.489 e. The number of pyridine rings is 2. The van der Waals surface area contributed by atoms with Crippen molar-refractivity contribution in [2.75, 3.05) is 24.6 Å². The number of piperidine rings is 1. The zero-order valence-electron chi connectivity index (χ0n) is 22.9. The van der Waals surface area contributed by atoms with E-state index in [1.54, 1.807) is 30.8 Å². The first-order chi connectivity index (χ1) is 17.8. The van der Waals surface area contributed by atoms with Gasteiger partial charge in [0.05, 0.1) is 29.1 Å². The first-order valence-electron chi connectivity index (χ1n) is 12.8. The van der Waals surface area contributed by atoms with Gasteiger partial charge in [0.25, 0.3) is 0 Å². The van der Waals surface area contributed by atoms with Crippen LogP contribution in [-0.2, 0) is 4.74 Å². The second-order valence-electron chi connectivity index (χ2n) is 11.5. The van der Waals surface area contributed by atoms with Crippen molar-refractivity contribution in [2.45, 2.75) is 65.2 Å². The fourth-order valence-corrected chi connectivity index (χ4v) is 4.50. The van der Waals surface area contributed by atoms with Gasteiger partial charge in [0, 0.05) is 36.5 Å². The summed E-state index contributed by atoms with van der Waals surface area (Å²) in [7, 11) is 0. The summed E-state index contributed by atoms with van der Waals surface area (Å²) in [5.41, 5.74) is 1.18. The number of aliphatic hydroxyl groups is 1. The molecule has 0 spiro atoms. The summed E-state index contributed by atoms with van der Waals surface area (Å²) in [4.78, 5) is 19.2. The van der Waals surface area contributed by atoms with Crippen LogP contribution in [-0.4, -0.2) is 62.7 Å². The van der Waals surface area contributed by atoms with E-state index >= 15 is 0 Å². The molecule has 202 valence electrons. The van der Waals surface area contributed by atoms with Crippen LogP contribution >= 0.6 is 0 Å². The molecule has 10 nitrogen and oxygen atoms in total. The summed E-state index contributed by atoms with van der Waals surface area (Å²) >= 11 is 0. The van der Waals surface area contributed by atoms with Crippen molar-refractivity contribution in [3.63, 3.8) is 0 Å². The van der Waals surface area contributed by atoms with Crippen LogP contribution in [0.15, 0.2) is 36.8 Å². The standard InChI is InChI=1S/C28H36N6O4/c1-18-15-33(10-9-23(18)32-26(35)38-27(2,3)4)24-8-7-19(13-30-24)22-11-21(37-17-28(5,6)36)16-34-25(22)20(12-29)14-31-34/h7-8,11,13-14,16,18,23,36H,9-10,15,17H2,1-6H3,(H,32,35)/t18-,23-/m0/s1. The molecular formula is C28H36N6O4. The monoisotopic (exact) mass is 520 g/mol. The Bertz CT molecular complexity index is 1330. The highest BCUT2D eigenvalue weighted by Crippen LogP contribution is 2.32. The third-order valence-corrected chi connectivity index (χ3v) is 6.29. The molecule has 3 aromatic rings. The number of aromatic nitrogens is 3. The minimum atomic E-state index is -0.993. The Morgan fingerprint density at radius 3 is 2.63 bits per heavy atom. The number of rotatable bonds is 6. The quantitative estimate of drug-likeness (QED) is 0.496. The molecule has 2 atom stereocenters. The van der Waals surface area contributed by atoms with Gasteiger partial charge in [-0.25, -0.2) is 14.3 Å². The minimum absolute atomic E-state index is 0.0339. The lowest BCUT2D eigenvalue weighted by atomic mass is 9.94.